The Morgan fingerprint density at radius 2 is 2.38 bits per heavy atom. The number of carbonyl (C=O) groups is 2. The van der Waals surface area contributed by atoms with Gasteiger partial charge in [0.05, 0.1) is 12.8 Å². The molecule has 0 spiro atoms. The molecule has 0 saturated heterocycles. The zero-order chi connectivity index (χ0) is 9.84. The predicted molar refractivity (Wildman–Crippen MR) is 45.0 cm³/mol. The summed E-state index contributed by atoms with van der Waals surface area (Å²) >= 11 is 0. The van der Waals surface area contributed by atoms with Gasteiger partial charge in [-0.05, 0) is 6.92 Å². The predicted octanol–water partition coefficient (Wildman–Crippen LogP) is 0.0331. The zero-order valence-electron chi connectivity index (χ0n) is 7.61. The molecule has 1 rings (SSSR count). The normalized spacial score (nSPS) is 20.5. The molecule has 1 atom stereocenters. The van der Waals surface area contributed by atoms with Crippen LogP contribution in [0.1, 0.15) is 20.3 Å². The van der Waals surface area contributed by atoms with Gasteiger partial charge in [0.2, 0.25) is 5.91 Å². The van der Waals surface area contributed by atoms with E-state index in [1.807, 2.05) is 0 Å². The second-order valence-corrected chi connectivity index (χ2v) is 2.59. The fraction of sp³-hybridized carbons (Fsp3) is 0.625. The summed E-state index contributed by atoms with van der Waals surface area (Å²) in [5.74, 6) is -0.700. The summed E-state index contributed by atoms with van der Waals surface area (Å²) in [6, 6.07) is -0.613. The number of rotatable bonds is 2. The Morgan fingerprint density at radius 1 is 1.69 bits per heavy atom. The molecule has 1 amide bonds. The van der Waals surface area contributed by atoms with Gasteiger partial charge in [-0.2, -0.15) is 5.10 Å². The number of esters is 1. The lowest BCUT2D eigenvalue weighted by atomic mass is 10.2. The van der Waals surface area contributed by atoms with E-state index in [0.29, 0.717) is 13.0 Å². The fourth-order valence-electron chi connectivity index (χ4n) is 1.07. The van der Waals surface area contributed by atoms with Gasteiger partial charge in [0.25, 0.3) is 0 Å². The SMILES string of the molecule is CCOC(=O)C1C[C]=NN1C(C)=O. The molecule has 71 valence electrons. The molecule has 0 aromatic carbocycles. The van der Waals surface area contributed by atoms with Crippen molar-refractivity contribution in [3.8, 4) is 0 Å². The van der Waals surface area contributed by atoms with Gasteiger partial charge in [-0.3, -0.25) is 4.79 Å². The van der Waals surface area contributed by atoms with Crippen molar-refractivity contribution in [2.24, 2.45) is 5.10 Å². The van der Waals surface area contributed by atoms with E-state index in [9.17, 15) is 9.59 Å². The lowest BCUT2D eigenvalue weighted by Gasteiger charge is -2.17. The third-order valence-corrected chi connectivity index (χ3v) is 1.64. The smallest absolute Gasteiger partial charge is 0.331 e. The Morgan fingerprint density at radius 3 is 2.92 bits per heavy atom. The first kappa shape index (κ1) is 9.70. The Bertz CT molecular complexity index is 250. The van der Waals surface area contributed by atoms with Gasteiger partial charge in [-0.15, -0.1) is 0 Å². The molecule has 1 radical (unpaired) electrons. The minimum Gasteiger partial charge on any atom is -0.464 e. The van der Waals surface area contributed by atoms with Gasteiger partial charge in [0.1, 0.15) is 0 Å². The molecular weight excluding hydrogens is 172 g/mol. The van der Waals surface area contributed by atoms with Crippen LogP contribution in [-0.4, -0.2) is 35.7 Å². The van der Waals surface area contributed by atoms with E-state index in [1.165, 1.54) is 6.92 Å². The van der Waals surface area contributed by atoms with Crippen LogP contribution in [0, 0.1) is 0 Å². The number of hydrazone groups is 1. The van der Waals surface area contributed by atoms with Crippen molar-refractivity contribution in [2.75, 3.05) is 6.61 Å². The molecule has 1 heterocycles. The van der Waals surface area contributed by atoms with Crippen LogP contribution in [0.5, 0.6) is 0 Å². The molecular formula is C8H11N2O3. The summed E-state index contributed by atoms with van der Waals surface area (Å²) in [5, 5.41) is 4.75. The molecule has 0 fully saturated rings. The third-order valence-electron chi connectivity index (χ3n) is 1.64. The fourth-order valence-corrected chi connectivity index (χ4v) is 1.07. The van der Waals surface area contributed by atoms with E-state index < -0.39 is 12.0 Å². The monoisotopic (exact) mass is 183 g/mol. The molecule has 5 heteroatoms. The molecule has 5 nitrogen and oxygen atoms in total. The van der Waals surface area contributed by atoms with Crippen LogP contribution in [0.4, 0.5) is 0 Å². The Balaban J connectivity index is 2.61. The third kappa shape index (κ3) is 2.05. The van der Waals surface area contributed by atoms with E-state index in [1.54, 1.807) is 6.92 Å². The molecule has 1 aliphatic heterocycles. The zero-order valence-corrected chi connectivity index (χ0v) is 7.61. The van der Waals surface area contributed by atoms with Gasteiger partial charge in [-0.1, -0.05) is 0 Å². The number of nitrogens with zero attached hydrogens (tertiary/aromatic N) is 2. The van der Waals surface area contributed by atoms with Crippen LogP contribution >= 0.6 is 0 Å². The van der Waals surface area contributed by atoms with Crippen molar-refractivity contribution < 1.29 is 14.3 Å². The minimum absolute atomic E-state index is 0.275. The van der Waals surface area contributed by atoms with E-state index in [2.05, 4.69) is 11.3 Å². The highest BCUT2D eigenvalue weighted by molar-refractivity contribution is 5.88. The lowest BCUT2D eigenvalue weighted by Crippen LogP contribution is -2.38. The highest BCUT2D eigenvalue weighted by Gasteiger charge is 2.32. The molecule has 1 aliphatic rings. The van der Waals surface area contributed by atoms with E-state index >= 15 is 0 Å². The van der Waals surface area contributed by atoms with Gasteiger partial charge in [0, 0.05) is 13.3 Å². The van der Waals surface area contributed by atoms with Gasteiger partial charge < -0.3 is 4.74 Å². The standard InChI is InChI=1S/C8H11N2O3/c1-3-13-8(12)7-4-5-9-10(7)6(2)11/h7H,3-4H2,1-2H3. The summed E-state index contributed by atoms with van der Waals surface area (Å²) in [6.07, 6.45) is 2.89. The summed E-state index contributed by atoms with van der Waals surface area (Å²) in [7, 11) is 0. The van der Waals surface area contributed by atoms with Crippen molar-refractivity contribution in [2.45, 2.75) is 26.3 Å². The van der Waals surface area contributed by atoms with Crippen molar-refractivity contribution in [1.29, 1.82) is 0 Å². The molecule has 0 N–H and O–H groups in total. The lowest BCUT2D eigenvalue weighted by molar-refractivity contribution is -0.153. The number of ether oxygens (including phenoxy) is 1. The summed E-state index contributed by atoms with van der Waals surface area (Å²) in [5.41, 5.74) is 0. The van der Waals surface area contributed by atoms with Crippen LogP contribution in [0.3, 0.4) is 0 Å². The maximum absolute atomic E-state index is 11.2. The molecule has 0 aliphatic carbocycles. The molecule has 0 bridgehead atoms. The number of amides is 1. The first-order valence-corrected chi connectivity index (χ1v) is 4.06. The number of hydrogen-bond donors (Lipinski definition) is 0. The van der Waals surface area contributed by atoms with Crippen LogP contribution in [0.25, 0.3) is 0 Å². The van der Waals surface area contributed by atoms with Crippen LogP contribution in [-0.2, 0) is 14.3 Å². The van der Waals surface area contributed by atoms with Crippen molar-refractivity contribution >= 4 is 18.1 Å². The van der Waals surface area contributed by atoms with Gasteiger partial charge in [0.15, 0.2) is 6.04 Å². The van der Waals surface area contributed by atoms with Crippen molar-refractivity contribution in [3.63, 3.8) is 0 Å². The molecule has 0 aromatic heterocycles. The first-order chi connectivity index (χ1) is 6.16. The topological polar surface area (TPSA) is 59.0 Å². The molecule has 0 aromatic rings. The first-order valence-electron chi connectivity index (χ1n) is 4.06. The second kappa shape index (κ2) is 4.02. The average molecular weight is 183 g/mol. The second-order valence-electron chi connectivity index (χ2n) is 2.59. The number of hydrogen-bond acceptors (Lipinski definition) is 4. The summed E-state index contributed by atoms with van der Waals surface area (Å²) in [4.78, 5) is 22.2. The van der Waals surface area contributed by atoms with Gasteiger partial charge in [-0.25, -0.2) is 9.80 Å². The minimum atomic E-state index is -0.613. The van der Waals surface area contributed by atoms with Crippen molar-refractivity contribution in [3.05, 3.63) is 0 Å². The quantitative estimate of drug-likeness (QED) is 0.567. The van der Waals surface area contributed by atoms with E-state index in [4.69, 9.17) is 4.74 Å². The maximum Gasteiger partial charge on any atom is 0.331 e. The number of carbonyl (C=O) groups excluding carboxylic acids is 2. The summed E-state index contributed by atoms with van der Waals surface area (Å²) < 4.78 is 4.77. The molecule has 13 heavy (non-hydrogen) atoms. The Kier molecular flexibility index (Phi) is 3.00. The van der Waals surface area contributed by atoms with Crippen LogP contribution < -0.4 is 0 Å². The van der Waals surface area contributed by atoms with Crippen molar-refractivity contribution in [1.82, 2.24) is 5.01 Å². The van der Waals surface area contributed by atoms with E-state index in [0.717, 1.165) is 5.01 Å². The largest absolute Gasteiger partial charge is 0.464 e. The molecule has 0 saturated carbocycles. The highest BCUT2D eigenvalue weighted by Crippen LogP contribution is 2.12. The maximum atomic E-state index is 11.2. The average Bonchev–Trinajstić information content (AvgIpc) is 2.52. The Labute approximate surface area is 76.3 Å². The Hall–Kier alpha value is -1.39. The van der Waals surface area contributed by atoms with Crippen LogP contribution in [0.15, 0.2) is 5.10 Å². The van der Waals surface area contributed by atoms with Gasteiger partial charge >= 0.3 is 5.97 Å². The summed E-state index contributed by atoms with van der Waals surface area (Å²) in [6.45, 7) is 3.37. The highest BCUT2D eigenvalue weighted by atomic mass is 16.5. The van der Waals surface area contributed by atoms with E-state index in [-0.39, 0.29) is 5.91 Å². The van der Waals surface area contributed by atoms with Crippen LogP contribution in [0.2, 0.25) is 0 Å². The molecule has 1 unspecified atom stereocenters.